The standard InChI is InChI=1S/C18H24N4O3/c1-20-18(23)13-15(14-19-20)22-9-7-21(8-10-22)11-12-25-17-5-3-16(24-2)4-6-17/h3-6,13-14H,7-12H2,1-2H3. The summed E-state index contributed by atoms with van der Waals surface area (Å²) in [6, 6.07) is 9.27. The maximum absolute atomic E-state index is 11.7. The van der Waals surface area contributed by atoms with Crippen molar-refractivity contribution in [3.63, 3.8) is 0 Å². The lowest BCUT2D eigenvalue weighted by molar-refractivity contribution is 0.200. The van der Waals surface area contributed by atoms with Gasteiger partial charge in [0.05, 0.1) is 19.0 Å². The van der Waals surface area contributed by atoms with Gasteiger partial charge < -0.3 is 14.4 Å². The molecule has 1 saturated heterocycles. The van der Waals surface area contributed by atoms with E-state index in [1.165, 1.54) is 4.68 Å². The highest BCUT2D eigenvalue weighted by molar-refractivity contribution is 5.43. The number of nitrogens with zero attached hydrogens (tertiary/aromatic N) is 4. The number of ether oxygens (including phenoxy) is 2. The first kappa shape index (κ1) is 17.3. The van der Waals surface area contributed by atoms with E-state index in [4.69, 9.17) is 9.47 Å². The summed E-state index contributed by atoms with van der Waals surface area (Å²) in [5, 5.41) is 4.09. The van der Waals surface area contributed by atoms with E-state index in [0.29, 0.717) is 6.61 Å². The van der Waals surface area contributed by atoms with Crippen LogP contribution in [0.2, 0.25) is 0 Å². The van der Waals surface area contributed by atoms with Gasteiger partial charge in [0.2, 0.25) is 0 Å². The first-order valence-electron chi connectivity index (χ1n) is 8.43. The van der Waals surface area contributed by atoms with Gasteiger partial charge in [-0.1, -0.05) is 0 Å². The molecule has 0 spiro atoms. The summed E-state index contributed by atoms with van der Waals surface area (Å²) in [7, 11) is 3.31. The molecule has 0 unspecified atom stereocenters. The molecule has 1 aliphatic heterocycles. The summed E-state index contributed by atoms with van der Waals surface area (Å²) in [4.78, 5) is 16.3. The summed E-state index contributed by atoms with van der Waals surface area (Å²) < 4.78 is 12.3. The highest BCUT2D eigenvalue weighted by Gasteiger charge is 2.17. The van der Waals surface area contributed by atoms with Crippen molar-refractivity contribution in [3.8, 4) is 11.5 Å². The van der Waals surface area contributed by atoms with E-state index in [1.807, 2.05) is 24.3 Å². The fourth-order valence-corrected chi connectivity index (χ4v) is 2.83. The molecule has 0 N–H and O–H groups in total. The van der Waals surface area contributed by atoms with Gasteiger partial charge in [0.25, 0.3) is 5.56 Å². The number of benzene rings is 1. The second kappa shape index (κ2) is 8.02. The van der Waals surface area contributed by atoms with Crippen molar-refractivity contribution >= 4 is 5.69 Å². The first-order chi connectivity index (χ1) is 12.2. The SMILES string of the molecule is COc1ccc(OCCN2CCN(c3cnn(C)c(=O)c3)CC2)cc1. The summed E-state index contributed by atoms with van der Waals surface area (Å²) in [5.41, 5.74) is 0.824. The van der Waals surface area contributed by atoms with E-state index in [2.05, 4.69) is 14.9 Å². The molecule has 3 rings (SSSR count). The molecule has 0 saturated carbocycles. The zero-order valence-corrected chi connectivity index (χ0v) is 14.7. The number of hydrogen-bond donors (Lipinski definition) is 0. The van der Waals surface area contributed by atoms with E-state index in [-0.39, 0.29) is 5.56 Å². The quantitative estimate of drug-likeness (QED) is 0.779. The van der Waals surface area contributed by atoms with Crippen molar-refractivity contribution in [2.45, 2.75) is 0 Å². The predicted octanol–water partition coefficient (Wildman–Crippen LogP) is 0.990. The van der Waals surface area contributed by atoms with Crippen LogP contribution in [-0.2, 0) is 7.05 Å². The van der Waals surface area contributed by atoms with Gasteiger partial charge >= 0.3 is 0 Å². The van der Waals surface area contributed by atoms with Crippen LogP contribution in [0, 0.1) is 0 Å². The predicted molar refractivity (Wildman–Crippen MR) is 96.6 cm³/mol. The third-order valence-electron chi connectivity index (χ3n) is 4.43. The molecule has 0 bridgehead atoms. The number of anilines is 1. The number of hydrogen-bond acceptors (Lipinski definition) is 6. The van der Waals surface area contributed by atoms with Gasteiger partial charge in [-0.25, -0.2) is 4.68 Å². The minimum Gasteiger partial charge on any atom is -0.497 e. The number of piperazine rings is 1. The zero-order chi connectivity index (χ0) is 17.6. The Morgan fingerprint density at radius 3 is 2.40 bits per heavy atom. The minimum atomic E-state index is -0.0761. The first-order valence-corrected chi connectivity index (χ1v) is 8.43. The summed E-state index contributed by atoms with van der Waals surface area (Å²) in [5.74, 6) is 1.68. The van der Waals surface area contributed by atoms with Gasteiger partial charge in [-0.05, 0) is 24.3 Å². The minimum absolute atomic E-state index is 0.0761. The van der Waals surface area contributed by atoms with Crippen molar-refractivity contribution in [2.24, 2.45) is 7.05 Å². The van der Waals surface area contributed by atoms with E-state index >= 15 is 0 Å². The molecule has 2 heterocycles. The van der Waals surface area contributed by atoms with Gasteiger partial charge in [-0.3, -0.25) is 9.69 Å². The smallest absolute Gasteiger partial charge is 0.268 e. The van der Waals surface area contributed by atoms with E-state index in [1.54, 1.807) is 26.4 Å². The molecule has 2 aromatic rings. The highest BCUT2D eigenvalue weighted by Crippen LogP contribution is 2.17. The van der Waals surface area contributed by atoms with Gasteiger partial charge in [-0.15, -0.1) is 0 Å². The lowest BCUT2D eigenvalue weighted by atomic mass is 10.3. The lowest BCUT2D eigenvalue weighted by Crippen LogP contribution is -2.47. The fraction of sp³-hybridized carbons (Fsp3) is 0.444. The van der Waals surface area contributed by atoms with Gasteiger partial charge in [-0.2, -0.15) is 5.10 Å². The van der Waals surface area contributed by atoms with Gasteiger partial charge in [0, 0.05) is 45.8 Å². The Balaban J connectivity index is 1.43. The largest absolute Gasteiger partial charge is 0.497 e. The molecule has 7 heteroatoms. The van der Waals surface area contributed by atoms with Crippen LogP contribution < -0.4 is 19.9 Å². The van der Waals surface area contributed by atoms with E-state index < -0.39 is 0 Å². The normalized spacial score (nSPS) is 15.2. The molecule has 134 valence electrons. The molecule has 25 heavy (non-hydrogen) atoms. The molecule has 1 fully saturated rings. The van der Waals surface area contributed by atoms with E-state index in [0.717, 1.165) is 49.9 Å². The van der Waals surface area contributed by atoms with Crippen molar-refractivity contribution in [1.82, 2.24) is 14.7 Å². The summed E-state index contributed by atoms with van der Waals surface area (Å²) in [6.45, 7) is 5.20. The van der Waals surface area contributed by atoms with Crippen LogP contribution in [0.3, 0.4) is 0 Å². The Bertz CT molecular complexity index is 737. The second-order valence-corrected chi connectivity index (χ2v) is 6.03. The van der Waals surface area contributed by atoms with Gasteiger partial charge in [0.15, 0.2) is 0 Å². The molecule has 1 aromatic heterocycles. The molecule has 0 aliphatic carbocycles. The highest BCUT2D eigenvalue weighted by atomic mass is 16.5. The lowest BCUT2D eigenvalue weighted by Gasteiger charge is -2.35. The number of aryl methyl sites for hydroxylation is 1. The average molecular weight is 344 g/mol. The molecule has 0 atom stereocenters. The van der Waals surface area contributed by atoms with Crippen LogP contribution in [0.4, 0.5) is 5.69 Å². The molecule has 7 nitrogen and oxygen atoms in total. The average Bonchev–Trinajstić information content (AvgIpc) is 2.65. The number of rotatable bonds is 6. The molecular formula is C18H24N4O3. The topological polar surface area (TPSA) is 59.8 Å². The maximum Gasteiger partial charge on any atom is 0.268 e. The number of methoxy groups -OCH3 is 1. The van der Waals surface area contributed by atoms with Crippen LogP contribution in [-0.4, -0.2) is 61.1 Å². The molecule has 0 radical (unpaired) electrons. The third-order valence-corrected chi connectivity index (χ3v) is 4.43. The van der Waals surface area contributed by atoms with Crippen molar-refractivity contribution < 1.29 is 9.47 Å². The Hall–Kier alpha value is -2.54. The van der Waals surface area contributed by atoms with Crippen molar-refractivity contribution in [3.05, 3.63) is 46.9 Å². The second-order valence-electron chi connectivity index (χ2n) is 6.03. The van der Waals surface area contributed by atoms with Crippen LogP contribution >= 0.6 is 0 Å². The monoisotopic (exact) mass is 344 g/mol. The summed E-state index contributed by atoms with van der Waals surface area (Å²) >= 11 is 0. The third kappa shape index (κ3) is 4.51. The van der Waals surface area contributed by atoms with Gasteiger partial charge in [0.1, 0.15) is 18.1 Å². The Labute approximate surface area is 147 Å². The van der Waals surface area contributed by atoms with E-state index in [9.17, 15) is 4.79 Å². The van der Waals surface area contributed by atoms with Crippen LogP contribution in [0.25, 0.3) is 0 Å². The Morgan fingerprint density at radius 1 is 1.08 bits per heavy atom. The number of aromatic nitrogens is 2. The van der Waals surface area contributed by atoms with Crippen LogP contribution in [0.1, 0.15) is 0 Å². The van der Waals surface area contributed by atoms with Crippen molar-refractivity contribution in [1.29, 1.82) is 0 Å². The molecule has 1 aliphatic rings. The zero-order valence-electron chi connectivity index (χ0n) is 14.7. The Morgan fingerprint density at radius 2 is 1.76 bits per heavy atom. The van der Waals surface area contributed by atoms with Crippen LogP contribution in [0.5, 0.6) is 11.5 Å². The maximum atomic E-state index is 11.7. The van der Waals surface area contributed by atoms with Crippen LogP contribution in [0.15, 0.2) is 41.3 Å². The molecular weight excluding hydrogens is 320 g/mol. The fourth-order valence-electron chi connectivity index (χ4n) is 2.83. The van der Waals surface area contributed by atoms with Crippen molar-refractivity contribution in [2.75, 3.05) is 51.3 Å². The molecule has 0 amide bonds. The summed E-state index contributed by atoms with van der Waals surface area (Å²) in [6.07, 6.45) is 1.75. The molecule has 1 aromatic carbocycles. The Kier molecular flexibility index (Phi) is 5.55.